The van der Waals surface area contributed by atoms with E-state index in [0.29, 0.717) is 0 Å². The molecule has 0 amide bonds. The molecule has 0 bridgehead atoms. The number of hydrogen-bond donors (Lipinski definition) is 1. The minimum Gasteiger partial charge on any atom is -0.353 e. The molecule has 148 valence electrons. The molecule has 1 saturated heterocycles. The minimum atomic E-state index is 0.251. The number of aliphatic imine (C=N–C) groups is 1. The van der Waals surface area contributed by atoms with Gasteiger partial charge in [0.05, 0.1) is 11.4 Å². The molecule has 2 aliphatic rings. The van der Waals surface area contributed by atoms with Gasteiger partial charge in [0.1, 0.15) is 5.84 Å². The maximum absolute atomic E-state index is 6.35. The van der Waals surface area contributed by atoms with Gasteiger partial charge in [-0.2, -0.15) is 0 Å². The maximum atomic E-state index is 6.35. The first kappa shape index (κ1) is 19.3. The predicted molar refractivity (Wildman–Crippen MR) is 120 cm³/mol. The van der Waals surface area contributed by atoms with E-state index >= 15 is 0 Å². The third kappa shape index (κ3) is 3.76. The number of benzene rings is 2. The Hall–Kier alpha value is -2.04. The van der Waals surface area contributed by atoms with E-state index in [1.165, 1.54) is 12.8 Å². The summed E-state index contributed by atoms with van der Waals surface area (Å²) in [5, 5.41) is 4.28. The highest BCUT2D eigenvalue weighted by Gasteiger charge is 2.31. The Morgan fingerprint density at radius 3 is 2.54 bits per heavy atom. The first-order valence-electron chi connectivity index (χ1n) is 10.2. The largest absolute Gasteiger partial charge is 0.353 e. The van der Waals surface area contributed by atoms with Gasteiger partial charge in [-0.3, -0.25) is 4.90 Å². The van der Waals surface area contributed by atoms with Gasteiger partial charge in [0.2, 0.25) is 0 Å². The van der Waals surface area contributed by atoms with Gasteiger partial charge >= 0.3 is 0 Å². The summed E-state index contributed by atoms with van der Waals surface area (Å²) in [6.45, 7) is 11.0. The van der Waals surface area contributed by atoms with Crippen LogP contribution in [0.5, 0.6) is 0 Å². The molecule has 0 radical (unpaired) electrons. The highest BCUT2D eigenvalue weighted by molar-refractivity contribution is 6.31. The molecule has 0 atom stereocenters. The molecule has 0 saturated carbocycles. The molecule has 4 nitrogen and oxygen atoms in total. The summed E-state index contributed by atoms with van der Waals surface area (Å²) in [6.07, 6.45) is 2.44. The monoisotopic (exact) mass is 396 g/mol. The summed E-state index contributed by atoms with van der Waals surface area (Å²) in [6, 6.07) is 14.2. The zero-order chi connectivity index (χ0) is 19.7. The molecule has 2 aromatic carbocycles. The lowest BCUT2D eigenvalue weighted by Crippen LogP contribution is -2.55. The topological polar surface area (TPSA) is 30.9 Å². The lowest BCUT2D eigenvalue weighted by atomic mass is 9.95. The SMILES string of the molecule is CCCC(C)(C)N1CCN(C2=Nc3ccccc3Nc3ccc(Cl)cc32)CC1. The van der Waals surface area contributed by atoms with E-state index in [1.807, 2.05) is 24.3 Å². The Bertz CT molecular complexity index is 882. The highest BCUT2D eigenvalue weighted by Crippen LogP contribution is 2.36. The smallest absolute Gasteiger partial charge is 0.138 e. The van der Waals surface area contributed by atoms with Crippen molar-refractivity contribution in [3.05, 3.63) is 53.1 Å². The summed E-state index contributed by atoms with van der Waals surface area (Å²) in [4.78, 5) is 10.1. The van der Waals surface area contributed by atoms with Crippen molar-refractivity contribution in [2.75, 3.05) is 31.5 Å². The number of hydrogen-bond acceptors (Lipinski definition) is 4. The van der Waals surface area contributed by atoms with E-state index in [1.54, 1.807) is 0 Å². The molecule has 2 heterocycles. The van der Waals surface area contributed by atoms with Gasteiger partial charge in [-0.1, -0.05) is 37.1 Å². The third-order valence-electron chi connectivity index (χ3n) is 5.92. The van der Waals surface area contributed by atoms with Crippen molar-refractivity contribution >= 4 is 34.5 Å². The molecule has 28 heavy (non-hydrogen) atoms. The van der Waals surface area contributed by atoms with Gasteiger partial charge in [-0.05, 0) is 50.6 Å². The number of piperazine rings is 1. The minimum absolute atomic E-state index is 0.251. The zero-order valence-corrected chi connectivity index (χ0v) is 17.8. The number of nitrogens with zero attached hydrogens (tertiary/aromatic N) is 3. The molecule has 1 N–H and O–H groups in total. The maximum Gasteiger partial charge on any atom is 0.138 e. The fourth-order valence-electron chi connectivity index (χ4n) is 4.34. The van der Waals surface area contributed by atoms with E-state index < -0.39 is 0 Å². The van der Waals surface area contributed by atoms with E-state index in [4.69, 9.17) is 16.6 Å². The fourth-order valence-corrected chi connectivity index (χ4v) is 4.51. The molecule has 0 aromatic heterocycles. The van der Waals surface area contributed by atoms with Crippen LogP contribution in [0.25, 0.3) is 0 Å². The molecule has 4 rings (SSSR count). The standard InChI is InChI=1S/C23H29ClN4/c1-4-11-23(2,3)28-14-12-27(13-15-28)22-18-16-17(24)9-10-19(18)25-20-7-5-6-8-21(20)26-22/h5-10,16,25H,4,11-15H2,1-3H3. The lowest BCUT2D eigenvalue weighted by Gasteiger charge is -2.45. The van der Waals surface area contributed by atoms with Crippen molar-refractivity contribution in [1.82, 2.24) is 9.80 Å². The Labute approximate surface area is 173 Å². The Morgan fingerprint density at radius 1 is 1.04 bits per heavy atom. The van der Waals surface area contributed by atoms with Crippen LogP contribution in [-0.4, -0.2) is 47.4 Å². The second-order valence-electron chi connectivity index (χ2n) is 8.30. The van der Waals surface area contributed by atoms with Gasteiger partial charge in [0, 0.05) is 48.0 Å². The number of nitrogens with one attached hydrogen (secondary N) is 1. The van der Waals surface area contributed by atoms with Gasteiger partial charge in [-0.15, -0.1) is 0 Å². The third-order valence-corrected chi connectivity index (χ3v) is 6.15. The van der Waals surface area contributed by atoms with Crippen molar-refractivity contribution < 1.29 is 0 Å². The fraction of sp³-hybridized carbons (Fsp3) is 0.435. The summed E-state index contributed by atoms with van der Waals surface area (Å²) in [5.74, 6) is 1.02. The average molecular weight is 397 g/mol. The number of halogens is 1. The summed E-state index contributed by atoms with van der Waals surface area (Å²) >= 11 is 6.35. The molecular weight excluding hydrogens is 368 g/mol. The molecule has 1 fully saturated rings. The zero-order valence-electron chi connectivity index (χ0n) is 17.0. The van der Waals surface area contributed by atoms with Gasteiger partial charge in [0.25, 0.3) is 0 Å². The number of amidine groups is 1. The van der Waals surface area contributed by atoms with Crippen molar-refractivity contribution in [2.45, 2.75) is 39.2 Å². The first-order valence-corrected chi connectivity index (χ1v) is 10.6. The van der Waals surface area contributed by atoms with Crippen molar-refractivity contribution in [3.8, 4) is 0 Å². The van der Waals surface area contributed by atoms with E-state index in [0.717, 1.165) is 59.7 Å². The number of rotatable bonds is 3. The quantitative estimate of drug-likeness (QED) is 0.724. The summed E-state index contributed by atoms with van der Waals surface area (Å²) in [5.41, 5.74) is 4.38. The summed E-state index contributed by atoms with van der Waals surface area (Å²) < 4.78 is 0. The number of fused-ring (bicyclic) bond motifs is 2. The molecule has 2 aliphatic heterocycles. The normalized spacial score (nSPS) is 17.3. The van der Waals surface area contributed by atoms with Crippen LogP contribution >= 0.6 is 11.6 Å². The van der Waals surface area contributed by atoms with E-state index in [-0.39, 0.29) is 5.54 Å². The van der Waals surface area contributed by atoms with Crippen LogP contribution in [0.1, 0.15) is 39.2 Å². The van der Waals surface area contributed by atoms with Gasteiger partial charge in [0.15, 0.2) is 0 Å². The van der Waals surface area contributed by atoms with Gasteiger partial charge < -0.3 is 10.2 Å². The van der Waals surface area contributed by atoms with Crippen LogP contribution in [0.4, 0.5) is 17.1 Å². The number of para-hydroxylation sites is 2. The molecule has 0 spiro atoms. The first-order chi connectivity index (χ1) is 13.5. The van der Waals surface area contributed by atoms with E-state index in [9.17, 15) is 0 Å². The van der Waals surface area contributed by atoms with E-state index in [2.05, 4.69) is 54.1 Å². The van der Waals surface area contributed by atoms with Crippen molar-refractivity contribution in [3.63, 3.8) is 0 Å². The van der Waals surface area contributed by atoms with Crippen LogP contribution in [0.2, 0.25) is 5.02 Å². The van der Waals surface area contributed by atoms with Crippen molar-refractivity contribution in [2.24, 2.45) is 4.99 Å². The molecule has 5 heteroatoms. The summed E-state index contributed by atoms with van der Waals surface area (Å²) in [7, 11) is 0. The Morgan fingerprint density at radius 2 is 1.79 bits per heavy atom. The second-order valence-corrected chi connectivity index (χ2v) is 8.74. The lowest BCUT2D eigenvalue weighted by molar-refractivity contribution is 0.0690. The molecule has 0 aliphatic carbocycles. The van der Waals surface area contributed by atoms with Crippen LogP contribution in [0.15, 0.2) is 47.5 Å². The second kappa shape index (κ2) is 7.76. The van der Waals surface area contributed by atoms with Gasteiger partial charge in [-0.25, -0.2) is 4.99 Å². The Balaban J connectivity index is 1.65. The van der Waals surface area contributed by atoms with Crippen LogP contribution in [-0.2, 0) is 0 Å². The van der Waals surface area contributed by atoms with Crippen LogP contribution < -0.4 is 5.32 Å². The average Bonchev–Trinajstić information content (AvgIpc) is 2.84. The van der Waals surface area contributed by atoms with Crippen LogP contribution in [0, 0.1) is 0 Å². The van der Waals surface area contributed by atoms with Crippen molar-refractivity contribution in [1.29, 1.82) is 0 Å². The van der Waals surface area contributed by atoms with Crippen LogP contribution in [0.3, 0.4) is 0 Å². The highest BCUT2D eigenvalue weighted by atomic mass is 35.5. The number of anilines is 2. The predicted octanol–water partition coefficient (Wildman–Crippen LogP) is 5.67. The molecule has 0 unspecified atom stereocenters. The molecular formula is C23H29ClN4. The molecule has 2 aromatic rings. The Kier molecular flexibility index (Phi) is 5.35.